The van der Waals surface area contributed by atoms with Crippen LogP contribution in [0, 0.1) is 17.2 Å². The molecule has 1 aliphatic rings. The van der Waals surface area contributed by atoms with E-state index >= 15 is 0 Å². The predicted octanol–water partition coefficient (Wildman–Crippen LogP) is 4.54. The highest BCUT2D eigenvalue weighted by Gasteiger charge is 2.27. The van der Waals surface area contributed by atoms with Gasteiger partial charge in [-0.05, 0) is 37.0 Å². The molecule has 2 nitrogen and oxygen atoms in total. The third kappa shape index (κ3) is 2.79. The van der Waals surface area contributed by atoms with Gasteiger partial charge in [0.05, 0.1) is 19.1 Å². The van der Waals surface area contributed by atoms with Gasteiger partial charge in [-0.1, -0.05) is 30.9 Å². The van der Waals surface area contributed by atoms with Crippen LogP contribution in [0.4, 0.5) is 0 Å². The molecule has 0 amide bonds. The Morgan fingerprint density at radius 3 is 2.67 bits per heavy atom. The minimum absolute atomic E-state index is 0.0982. The largest absolute Gasteiger partial charge is 0.496 e. The van der Waals surface area contributed by atoms with Crippen LogP contribution in [0.15, 0.2) is 18.2 Å². The molecule has 1 aromatic rings. The van der Waals surface area contributed by atoms with Crippen LogP contribution in [-0.2, 0) is 0 Å². The number of hydrogen-bond donors (Lipinski definition) is 0. The molecule has 0 aliphatic heterocycles. The molecule has 0 bridgehead atoms. The Bertz CT molecular complexity index is 446. The standard InChI is InChI=1S/C15H18ClNO/c1-18-15-8-7-12(16)9-13(15)14(10-17)11-5-3-2-4-6-11/h7-9,11,14H,2-6H2,1H3. The molecule has 1 fully saturated rings. The van der Waals surface area contributed by atoms with Gasteiger partial charge < -0.3 is 4.74 Å². The van der Waals surface area contributed by atoms with Crippen LogP contribution < -0.4 is 4.74 Å². The molecule has 1 unspecified atom stereocenters. The van der Waals surface area contributed by atoms with Crippen LogP contribution in [0.1, 0.15) is 43.6 Å². The lowest BCUT2D eigenvalue weighted by molar-refractivity contribution is 0.328. The van der Waals surface area contributed by atoms with E-state index in [-0.39, 0.29) is 5.92 Å². The van der Waals surface area contributed by atoms with Crippen LogP contribution in [0.3, 0.4) is 0 Å². The minimum atomic E-state index is -0.0982. The van der Waals surface area contributed by atoms with Crippen molar-refractivity contribution < 1.29 is 4.74 Å². The van der Waals surface area contributed by atoms with Gasteiger partial charge in [-0.25, -0.2) is 0 Å². The second-order valence-corrected chi connectivity index (χ2v) is 5.33. The maximum atomic E-state index is 9.49. The van der Waals surface area contributed by atoms with Crippen LogP contribution in [0.5, 0.6) is 5.75 Å². The van der Waals surface area contributed by atoms with Crippen LogP contribution >= 0.6 is 11.6 Å². The van der Waals surface area contributed by atoms with Crippen molar-refractivity contribution >= 4 is 11.6 Å². The first kappa shape index (κ1) is 13.2. The first-order valence-electron chi connectivity index (χ1n) is 6.49. The first-order chi connectivity index (χ1) is 8.76. The average Bonchev–Trinajstić information content (AvgIpc) is 2.41. The van der Waals surface area contributed by atoms with Gasteiger partial charge in [0, 0.05) is 10.6 Å². The van der Waals surface area contributed by atoms with Crippen molar-refractivity contribution in [2.24, 2.45) is 5.92 Å². The van der Waals surface area contributed by atoms with Gasteiger partial charge in [0.1, 0.15) is 5.75 Å². The summed E-state index contributed by atoms with van der Waals surface area (Å²) in [5.41, 5.74) is 0.944. The fourth-order valence-electron chi connectivity index (χ4n) is 2.84. The quantitative estimate of drug-likeness (QED) is 0.802. The summed E-state index contributed by atoms with van der Waals surface area (Å²) in [6.45, 7) is 0. The molecule has 0 N–H and O–H groups in total. The van der Waals surface area contributed by atoms with Gasteiger partial charge in [-0.15, -0.1) is 0 Å². The molecular formula is C15H18ClNO. The van der Waals surface area contributed by atoms with Crippen molar-refractivity contribution in [2.75, 3.05) is 7.11 Å². The lowest BCUT2D eigenvalue weighted by atomic mass is 9.77. The number of nitriles is 1. The second-order valence-electron chi connectivity index (χ2n) is 4.89. The number of benzene rings is 1. The lowest BCUT2D eigenvalue weighted by Crippen LogP contribution is -2.15. The molecule has 1 saturated carbocycles. The van der Waals surface area contributed by atoms with Crippen molar-refractivity contribution in [2.45, 2.75) is 38.0 Å². The molecule has 3 heteroatoms. The van der Waals surface area contributed by atoms with Crippen molar-refractivity contribution in [1.82, 2.24) is 0 Å². The van der Waals surface area contributed by atoms with E-state index in [1.54, 1.807) is 13.2 Å². The van der Waals surface area contributed by atoms with Crippen molar-refractivity contribution in [3.63, 3.8) is 0 Å². The van der Waals surface area contributed by atoms with Gasteiger partial charge in [-0.3, -0.25) is 0 Å². The highest BCUT2D eigenvalue weighted by atomic mass is 35.5. The smallest absolute Gasteiger partial charge is 0.123 e. The van der Waals surface area contributed by atoms with Crippen molar-refractivity contribution in [3.05, 3.63) is 28.8 Å². The number of nitrogens with zero attached hydrogens (tertiary/aromatic N) is 1. The Kier molecular flexibility index (Phi) is 4.49. The normalized spacial score (nSPS) is 18.1. The lowest BCUT2D eigenvalue weighted by Gasteiger charge is -2.27. The minimum Gasteiger partial charge on any atom is -0.496 e. The summed E-state index contributed by atoms with van der Waals surface area (Å²) in [6, 6.07) is 7.99. The summed E-state index contributed by atoms with van der Waals surface area (Å²) in [5.74, 6) is 1.12. The SMILES string of the molecule is COc1ccc(Cl)cc1C(C#N)C1CCCCC1. The van der Waals surface area contributed by atoms with E-state index in [1.165, 1.54) is 19.3 Å². The van der Waals surface area contributed by atoms with Gasteiger partial charge in [-0.2, -0.15) is 5.26 Å². The van der Waals surface area contributed by atoms with Crippen LogP contribution in [-0.4, -0.2) is 7.11 Å². The maximum absolute atomic E-state index is 9.49. The Hall–Kier alpha value is -1.20. The number of ether oxygens (including phenoxy) is 1. The van der Waals surface area contributed by atoms with E-state index in [9.17, 15) is 5.26 Å². The fraction of sp³-hybridized carbons (Fsp3) is 0.533. The molecule has 1 aliphatic carbocycles. The van der Waals surface area contributed by atoms with E-state index in [2.05, 4.69) is 6.07 Å². The van der Waals surface area contributed by atoms with E-state index in [0.29, 0.717) is 10.9 Å². The summed E-state index contributed by atoms with van der Waals surface area (Å²) >= 11 is 6.05. The zero-order valence-electron chi connectivity index (χ0n) is 10.7. The highest BCUT2D eigenvalue weighted by molar-refractivity contribution is 6.30. The highest BCUT2D eigenvalue weighted by Crippen LogP contribution is 2.39. The fourth-order valence-corrected chi connectivity index (χ4v) is 3.03. The number of methoxy groups -OCH3 is 1. The number of hydrogen-bond acceptors (Lipinski definition) is 2. The molecule has 0 heterocycles. The maximum Gasteiger partial charge on any atom is 0.123 e. The van der Waals surface area contributed by atoms with Gasteiger partial charge >= 0.3 is 0 Å². The van der Waals surface area contributed by atoms with E-state index in [4.69, 9.17) is 16.3 Å². The summed E-state index contributed by atoms with van der Waals surface area (Å²) in [5, 5.41) is 10.2. The second kappa shape index (κ2) is 6.11. The van der Waals surface area contributed by atoms with Crippen LogP contribution in [0.2, 0.25) is 5.02 Å². The van der Waals surface area contributed by atoms with Crippen molar-refractivity contribution in [3.8, 4) is 11.8 Å². The third-order valence-corrected chi connectivity index (χ3v) is 4.02. The summed E-state index contributed by atoms with van der Waals surface area (Å²) in [7, 11) is 1.64. The Balaban J connectivity index is 2.31. The molecule has 0 spiro atoms. The molecule has 18 heavy (non-hydrogen) atoms. The molecule has 0 aromatic heterocycles. The van der Waals surface area contributed by atoms with Gasteiger partial charge in [0.15, 0.2) is 0 Å². The zero-order chi connectivity index (χ0) is 13.0. The van der Waals surface area contributed by atoms with Crippen LogP contribution in [0.25, 0.3) is 0 Å². The molecule has 1 atom stereocenters. The topological polar surface area (TPSA) is 33.0 Å². The predicted molar refractivity (Wildman–Crippen MR) is 72.9 cm³/mol. The van der Waals surface area contributed by atoms with E-state index in [1.807, 2.05) is 12.1 Å². The molecule has 0 radical (unpaired) electrons. The Labute approximate surface area is 114 Å². The molecule has 0 saturated heterocycles. The number of halogens is 1. The zero-order valence-corrected chi connectivity index (χ0v) is 11.4. The van der Waals surface area contributed by atoms with E-state index < -0.39 is 0 Å². The molecule has 2 rings (SSSR count). The first-order valence-corrected chi connectivity index (χ1v) is 6.87. The monoisotopic (exact) mass is 263 g/mol. The summed E-state index contributed by atoms with van der Waals surface area (Å²) in [4.78, 5) is 0. The Morgan fingerprint density at radius 1 is 1.33 bits per heavy atom. The Morgan fingerprint density at radius 2 is 2.06 bits per heavy atom. The molecule has 1 aromatic carbocycles. The summed E-state index contributed by atoms with van der Waals surface area (Å²) < 4.78 is 5.36. The molecular weight excluding hydrogens is 246 g/mol. The molecule has 96 valence electrons. The number of rotatable bonds is 3. The third-order valence-electron chi connectivity index (χ3n) is 3.79. The average molecular weight is 264 g/mol. The summed E-state index contributed by atoms with van der Waals surface area (Å²) in [6.07, 6.45) is 6.01. The van der Waals surface area contributed by atoms with Gasteiger partial charge in [0.2, 0.25) is 0 Å². The van der Waals surface area contributed by atoms with Crippen molar-refractivity contribution in [1.29, 1.82) is 5.26 Å². The van der Waals surface area contributed by atoms with Gasteiger partial charge in [0.25, 0.3) is 0 Å². The van der Waals surface area contributed by atoms with E-state index in [0.717, 1.165) is 24.2 Å².